The molecule has 1 aliphatic carbocycles. The third-order valence-electron chi connectivity index (χ3n) is 2.73. The summed E-state index contributed by atoms with van der Waals surface area (Å²) in [5.41, 5.74) is 0.488. The van der Waals surface area contributed by atoms with Gasteiger partial charge in [-0.15, -0.1) is 0 Å². The number of aryl methyl sites for hydroxylation is 1. The average molecular weight is 235 g/mol. The summed E-state index contributed by atoms with van der Waals surface area (Å²) in [5, 5.41) is 3.36. The normalized spacial score (nSPS) is 15.4. The van der Waals surface area contributed by atoms with E-state index in [9.17, 15) is 4.79 Å². The maximum Gasteiger partial charge on any atom is 0.341 e. The minimum atomic E-state index is -0.359. The fraction of sp³-hybridized carbons (Fsp3) is 0.462. The Morgan fingerprint density at radius 2 is 2.41 bits per heavy atom. The number of esters is 1. The minimum absolute atomic E-state index is 0.359. The Labute approximate surface area is 101 Å². The fourth-order valence-corrected chi connectivity index (χ4v) is 1.60. The number of methoxy groups -OCH3 is 1. The molecule has 4 heteroatoms. The molecule has 1 fully saturated rings. The molecular formula is C13H17NO3. The lowest BCUT2D eigenvalue weighted by Gasteiger charge is -1.93. The number of nitrogens with one attached hydrogen (secondary N) is 1. The predicted molar refractivity (Wildman–Crippen MR) is 64.8 cm³/mol. The van der Waals surface area contributed by atoms with E-state index in [4.69, 9.17) is 4.42 Å². The molecule has 0 unspecified atom stereocenters. The number of carbonyl (C=O) groups is 1. The van der Waals surface area contributed by atoms with Crippen LogP contribution in [0.2, 0.25) is 0 Å². The smallest absolute Gasteiger partial charge is 0.341 e. The van der Waals surface area contributed by atoms with Crippen molar-refractivity contribution in [1.29, 1.82) is 0 Å². The van der Waals surface area contributed by atoms with E-state index in [1.54, 1.807) is 13.0 Å². The zero-order valence-corrected chi connectivity index (χ0v) is 10.2. The molecule has 0 atom stereocenters. The van der Waals surface area contributed by atoms with Crippen molar-refractivity contribution < 1.29 is 13.9 Å². The van der Waals surface area contributed by atoms with Crippen molar-refractivity contribution in [2.75, 3.05) is 13.7 Å². The van der Waals surface area contributed by atoms with Gasteiger partial charge in [0.15, 0.2) is 0 Å². The van der Waals surface area contributed by atoms with Crippen molar-refractivity contribution in [2.24, 2.45) is 0 Å². The first-order valence-corrected chi connectivity index (χ1v) is 5.79. The quantitative estimate of drug-likeness (QED) is 0.794. The van der Waals surface area contributed by atoms with Crippen LogP contribution in [-0.2, 0) is 4.74 Å². The summed E-state index contributed by atoms with van der Waals surface area (Å²) >= 11 is 0. The average Bonchev–Trinajstić information content (AvgIpc) is 3.07. The summed E-state index contributed by atoms with van der Waals surface area (Å²) in [4.78, 5) is 11.4. The van der Waals surface area contributed by atoms with Crippen molar-refractivity contribution >= 4 is 12.0 Å². The number of furan rings is 1. The Morgan fingerprint density at radius 3 is 3.06 bits per heavy atom. The number of ether oxygens (including phenoxy) is 1. The first kappa shape index (κ1) is 11.9. The van der Waals surface area contributed by atoms with Crippen LogP contribution >= 0.6 is 0 Å². The van der Waals surface area contributed by atoms with Gasteiger partial charge in [-0.05, 0) is 31.9 Å². The first-order chi connectivity index (χ1) is 8.20. The molecule has 0 radical (unpaired) electrons. The van der Waals surface area contributed by atoms with Gasteiger partial charge in [0.2, 0.25) is 0 Å². The van der Waals surface area contributed by atoms with Gasteiger partial charge < -0.3 is 14.5 Å². The van der Waals surface area contributed by atoms with Crippen LogP contribution in [0.3, 0.4) is 0 Å². The Bertz CT molecular complexity index is 430. The van der Waals surface area contributed by atoms with Crippen molar-refractivity contribution in [3.05, 3.63) is 29.2 Å². The van der Waals surface area contributed by atoms with Gasteiger partial charge in [0, 0.05) is 12.6 Å². The topological polar surface area (TPSA) is 51.5 Å². The Balaban J connectivity index is 1.93. The molecule has 0 bridgehead atoms. The Morgan fingerprint density at radius 1 is 1.65 bits per heavy atom. The summed E-state index contributed by atoms with van der Waals surface area (Å²) in [6, 6.07) is 2.40. The van der Waals surface area contributed by atoms with E-state index < -0.39 is 0 Å². The molecule has 0 aromatic carbocycles. The van der Waals surface area contributed by atoms with Crippen molar-refractivity contribution in [3.63, 3.8) is 0 Å². The lowest BCUT2D eigenvalue weighted by Crippen LogP contribution is -2.15. The zero-order chi connectivity index (χ0) is 12.3. The van der Waals surface area contributed by atoms with Crippen LogP contribution in [-0.4, -0.2) is 25.7 Å². The van der Waals surface area contributed by atoms with Crippen molar-refractivity contribution in [3.8, 4) is 0 Å². The second-order valence-corrected chi connectivity index (χ2v) is 4.20. The third kappa shape index (κ3) is 3.20. The van der Waals surface area contributed by atoms with E-state index in [-0.39, 0.29) is 5.97 Å². The van der Waals surface area contributed by atoms with Gasteiger partial charge in [-0.3, -0.25) is 0 Å². The van der Waals surface area contributed by atoms with Gasteiger partial charge in [0.05, 0.1) is 7.11 Å². The highest BCUT2D eigenvalue weighted by molar-refractivity contribution is 5.90. The second kappa shape index (κ2) is 5.19. The van der Waals surface area contributed by atoms with E-state index in [0.29, 0.717) is 23.1 Å². The van der Waals surface area contributed by atoms with E-state index in [1.165, 1.54) is 20.0 Å². The highest BCUT2D eigenvalue weighted by Crippen LogP contribution is 2.19. The monoisotopic (exact) mass is 235 g/mol. The number of carbonyl (C=O) groups excluding carboxylic acids is 1. The van der Waals surface area contributed by atoms with Crippen LogP contribution in [0.5, 0.6) is 0 Å². The molecule has 2 rings (SSSR count). The largest absolute Gasteiger partial charge is 0.465 e. The molecule has 1 N–H and O–H groups in total. The van der Waals surface area contributed by atoms with E-state index >= 15 is 0 Å². The summed E-state index contributed by atoms with van der Waals surface area (Å²) < 4.78 is 10.1. The SMILES string of the molecule is COC(=O)c1cc(C=CCNC2CC2)oc1C. The number of hydrogen-bond donors (Lipinski definition) is 1. The molecule has 0 amide bonds. The molecule has 4 nitrogen and oxygen atoms in total. The van der Waals surface area contributed by atoms with Gasteiger partial charge >= 0.3 is 5.97 Å². The molecule has 1 aliphatic rings. The molecule has 0 saturated heterocycles. The summed E-state index contributed by atoms with van der Waals surface area (Å²) in [6.45, 7) is 2.59. The zero-order valence-electron chi connectivity index (χ0n) is 10.2. The Kier molecular flexibility index (Phi) is 3.64. The van der Waals surface area contributed by atoms with Crippen molar-refractivity contribution in [2.45, 2.75) is 25.8 Å². The van der Waals surface area contributed by atoms with Gasteiger partial charge in [-0.2, -0.15) is 0 Å². The molecule has 1 heterocycles. The molecule has 0 aliphatic heterocycles. The minimum Gasteiger partial charge on any atom is -0.465 e. The van der Waals surface area contributed by atoms with Gasteiger partial charge in [-0.1, -0.05) is 6.08 Å². The van der Waals surface area contributed by atoms with Gasteiger partial charge in [0.25, 0.3) is 0 Å². The fourth-order valence-electron chi connectivity index (χ4n) is 1.60. The standard InChI is InChI=1S/C13H17NO3/c1-9-12(13(15)16-2)8-11(17-9)4-3-7-14-10-5-6-10/h3-4,8,10,14H,5-7H2,1-2H3. The van der Waals surface area contributed by atoms with E-state index in [1.807, 2.05) is 12.2 Å². The molecular weight excluding hydrogens is 218 g/mol. The maximum absolute atomic E-state index is 11.4. The molecule has 1 aromatic rings. The molecule has 1 aromatic heterocycles. The maximum atomic E-state index is 11.4. The highest BCUT2D eigenvalue weighted by atomic mass is 16.5. The lowest BCUT2D eigenvalue weighted by molar-refractivity contribution is 0.0599. The van der Waals surface area contributed by atoms with Gasteiger partial charge in [-0.25, -0.2) is 4.79 Å². The highest BCUT2D eigenvalue weighted by Gasteiger charge is 2.19. The van der Waals surface area contributed by atoms with Crippen LogP contribution in [0.1, 0.15) is 34.7 Å². The van der Waals surface area contributed by atoms with Crippen LogP contribution < -0.4 is 5.32 Å². The van der Waals surface area contributed by atoms with Crippen LogP contribution in [0.15, 0.2) is 16.6 Å². The van der Waals surface area contributed by atoms with Crippen LogP contribution in [0.4, 0.5) is 0 Å². The predicted octanol–water partition coefficient (Wildman–Crippen LogP) is 2.14. The molecule has 17 heavy (non-hydrogen) atoms. The first-order valence-electron chi connectivity index (χ1n) is 5.79. The molecule has 0 spiro atoms. The second-order valence-electron chi connectivity index (χ2n) is 4.20. The number of rotatable bonds is 5. The summed E-state index contributed by atoms with van der Waals surface area (Å²) in [6.07, 6.45) is 6.42. The summed E-state index contributed by atoms with van der Waals surface area (Å²) in [5.74, 6) is 0.911. The van der Waals surface area contributed by atoms with Crippen LogP contribution in [0.25, 0.3) is 6.08 Å². The third-order valence-corrected chi connectivity index (χ3v) is 2.73. The van der Waals surface area contributed by atoms with Crippen LogP contribution in [0, 0.1) is 6.92 Å². The number of hydrogen-bond acceptors (Lipinski definition) is 4. The van der Waals surface area contributed by atoms with Gasteiger partial charge in [0.1, 0.15) is 17.1 Å². The van der Waals surface area contributed by atoms with E-state index in [2.05, 4.69) is 10.1 Å². The Hall–Kier alpha value is -1.55. The summed E-state index contributed by atoms with van der Waals surface area (Å²) in [7, 11) is 1.36. The molecule has 1 saturated carbocycles. The molecule has 92 valence electrons. The van der Waals surface area contributed by atoms with Crippen molar-refractivity contribution in [1.82, 2.24) is 5.32 Å². The van der Waals surface area contributed by atoms with E-state index in [0.717, 1.165) is 6.54 Å². The lowest BCUT2D eigenvalue weighted by atomic mass is 10.2.